The average Bonchev–Trinajstić information content (AvgIpc) is 3.22. The van der Waals surface area contributed by atoms with Crippen LogP contribution in [0.5, 0.6) is 0 Å². The zero-order chi connectivity index (χ0) is 18.1. The number of carbonyl (C=O) groups excluding carboxylic acids is 2. The Morgan fingerprint density at radius 2 is 1.80 bits per heavy atom. The third-order valence-electron chi connectivity index (χ3n) is 5.54. The summed E-state index contributed by atoms with van der Waals surface area (Å²) in [6.45, 7) is 2.83. The second-order valence-corrected chi connectivity index (χ2v) is 6.54. The first-order chi connectivity index (χ1) is 12.1. The van der Waals surface area contributed by atoms with Crippen molar-refractivity contribution in [3.63, 3.8) is 0 Å². The Labute approximate surface area is 146 Å². The van der Waals surface area contributed by atoms with Crippen LogP contribution in [-0.2, 0) is 4.74 Å². The zero-order valence-corrected chi connectivity index (χ0v) is 14.1. The Bertz CT molecular complexity index is 753. The number of nitriles is 2. The lowest BCUT2D eigenvalue weighted by Gasteiger charge is -2.32. The highest BCUT2D eigenvalue weighted by atomic mass is 16.6. The smallest absolute Gasteiger partial charge is 0.409 e. The van der Waals surface area contributed by atoms with Crippen molar-refractivity contribution in [2.45, 2.75) is 19.8 Å². The first-order valence-corrected chi connectivity index (χ1v) is 8.40. The van der Waals surface area contributed by atoms with Gasteiger partial charge in [0.25, 0.3) is 0 Å². The summed E-state index contributed by atoms with van der Waals surface area (Å²) in [7, 11) is 0. The lowest BCUT2D eigenvalue weighted by atomic mass is 9.85. The van der Waals surface area contributed by atoms with Crippen molar-refractivity contribution in [2.75, 3.05) is 19.7 Å². The molecule has 1 aromatic rings. The molecule has 1 saturated heterocycles. The number of likely N-dealkylation sites (tertiary alicyclic amines) is 1. The Morgan fingerprint density at radius 3 is 2.32 bits per heavy atom. The van der Waals surface area contributed by atoms with Gasteiger partial charge in [-0.15, -0.1) is 0 Å². The number of benzene rings is 1. The second-order valence-electron chi connectivity index (χ2n) is 6.54. The Morgan fingerprint density at radius 1 is 1.20 bits per heavy atom. The van der Waals surface area contributed by atoms with Gasteiger partial charge >= 0.3 is 6.09 Å². The molecule has 0 N–H and O–H groups in total. The number of hydrogen-bond acceptors (Lipinski definition) is 5. The van der Waals surface area contributed by atoms with Crippen LogP contribution in [0.1, 0.15) is 30.1 Å². The van der Waals surface area contributed by atoms with Crippen molar-refractivity contribution in [1.29, 1.82) is 10.5 Å². The molecule has 25 heavy (non-hydrogen) atoms. The summed E-state index contributed by atoms with van der Waals surface area (Å²) >= 11 is 0. The maximum atomic E-state index is 12.9. The van der Waals surface area contributed by atoms with Gasteiger partial charge < -0.3 is 9.64 Å². The van der Waals surface area contributed by atoms with Crippen molar-refractivity contribution in [3.8, 4) is 12.1 Å². The molecule has 0 bridgehead atoms. The molecule has 1 aliphatic heterocycles. The quantitative estimate of drug-likeness (QED) is 0.790. The second kappa shape index (κ2) is 6.22. The molecule has 1 spiro atoms. The van der Waals surface area contributed by atoms with E-state index in [9.17, 15) is 20.1 Å². The highest BCUT2D eigenvalue weighted by Crippen LogP contribution is 2.74. The van der Waals surface area contributed by atoms with Crippen LogP contribution in [0.4, 0.5) is 4.79 Å². The number of nitrogens with zero attached hydrogens (tertiary/aromatic N) is 3. The van der Waals surface area contributed by atoms with Gasteiger partial charge in [-0.05, 0) is 19.8 Å². The van der Waals surface area contributed by atoms with Crippen molar-refractivity contribution in [1.82, 2.24) is 4.90 Å². The summed E-state index contributed by atoms with van der Waals surface area (Å²) < 4.78 is 5.01. The SMILES string of the molecule is CCOC(=O)N1CCC2(CC1)C(C(=O)c1ccccc1)C2(C#N)C#N. The number of Topliss-reactive ketones (excluding diaryl/α,β-unsaturated/α-hetero) is 1. The van der Waals surface area contributed by atoms with E-state index < -0.39 is 16.7 Å². The Balaban J connectivity index is 1.84. The number of piperidine rings is 1. The van der Waals surface area contributed by atoms with Gasteiger partial charge in [-0.1, -0.05) is 30.3 Å². The van der Waals surface area contributed by atoms with E-state index in [2.05, 4.69) is 12.1 Å². The Kier molecular flexibility index (Phi) is 4.22. The van der Waals surface area contributed by atoms with Gasteiger partial charge in [-0.25, -0.2) is 4.79 Å². The van der Waals surface area contributed by atoms with Gasteiger partial charge in [-0.2, -0.15) is 10.5 Å². The molecule has 1 saturated carbocycles. The topological polar surface area (TPSA) is 94.2 Å². The normalized spacial score (nSPS) is 22.5. The van der Waals surface area contributed by atoms with Crippen LogP contribution < -0.4 is 0 Å². The number of ether oxygens (including phenoxy) is 1. The lowest BCUT2D eigenvalue weighted by molar-refractivity contribution is 0.0812. The largest absolute Gasteiger partial charge is 0.450 e. The van der Waals surface area contributed by atoms with Gasteiger partial charge in [-0.3, -0.25) is 4.79 Å². The van der Waals surface area contributed by atoms with Gasteiger partial charge in [0.1, 0.15) is 0 Å². The molecule has 1 amide bonds. The van der Waals surface area contributed by atoms with Crippen LogP contribution in [0.15, 0.2) is 30.3 Å². The fourth-order valence-corrected chi connectivity index (χ4v) is 4.17. The number of rotatable bonds is 3. The summed E-state index contributed by atoms with van der Waals surface area (Å²) in [5.41, 5.74) is -1.46. The zero-order valence-electron chi connectivity index (χ0n) is 14.1. The molecule has 6 nitrogen and oxygen atoms in total. The molecule has 0 radical (unpaired) electrons. The predicted molar refractivity (Wildman–Crippen MR) is 88.2 cm³/mol. The summed E-state index contributed by atoms with van der Waals surface area (Å²) in [5.74, 6) is -0.796. The summed E-state index contributed by atoms with van der Waals surface area (Å²) in [4.78, 5) is 26.4. The first kappa shape index (κ1) is 17.0. The average molecular weight is 337 g/mol. The fraction of sp³-hybridized carbons (Fsp3) is 0.474. The maximum Gasteiger partial charge on any atom is 0.409 e. The number of carbonyl (C=O) groups is 2. The molecule has 2 fully saturated rings. The first-order valence-electron chi connectivity index (χ1n) is 8.40. The van der Waals surface area contributed by atoms with Crippen molar-refractivity contribution < 1.29 is 14.3 Å². The van der Waals surface area contributed by atoms with Crippen LogP contribution in [0, 0.1) is 39.4 Å². The molecule has 1 atom stereocenters. The van der Waals surface area contributed by atoms with E-state index in [1.807, 2.05) is 6.07 Å². The maximum absolute atomic E-state index is 12.9. The molecule has 1 aromatic carbocycles. The summed E-state index contributed by atoms with van der Waals surface area (Å²) in [5, 5.41) is 19.3. The van der Waals surface area contributed by atoms with Crippen LogP contribution in [-0.4, -0.2) is 36.5 Å². The van der Waals surface area contributed by atoms with E-state index in [0.717, 1.165) is 0 Å². The van der Waals surface area contributed by atoms with Gasteiger partial charge in [0.2, 0.25) is 0 Å². The fourth-order valence-electron chi connectivity index (χ4n) is 4.17. The van der Waals surface area contributed by atoms with Gasteiger partial charge in [0, 0.05) is 24.1 Å². The van der Waals surface area contributed by atoms with E-state index in [0.29, 0.717) is 38.1 Å². The molecule has 1 aliphatic carbocycles. The molecule has 1 heterocycles. The van der Waals surface area contributed by atoms with Gasteiger partial charge in [0.15, 0.2) is 11.2 Å². The van der Waals surface area contributed by atoms with Crippen molar-refractivity contribution in [3.05, 3.63) is 35.9 Å². The van der Waals surface area contributed by atoms with E-state index in [-0.39, 0.29) is 11.9 Å². The molecule has 2 aliphatic rings. The molecule has 1 unspecified atom stereocenters. The van der Waals surface area contributed by atoms with E-state index in [1.54, 1.807) is 36.1 Å². The molecular weight excluding hydrogens is 318 g/mol. The Hall–Kier alpha value is -2.86. The van der Waals surface area contributed by atoms with Crippen LogP contribution in [0.2, 0.25) is 0 Å². The molecule has 0 aromatic heterocycles. The van der Waals surface area contributed by atoms with E-state index in [1.165, 1.54) is 0 Å². The minimum absolute atomic E-state index is 0.159. The highest BCUT2D eigenvalue weighted by molar-refractivity contribution is 6.02. The minimum Gasteiger partial charge on any atom is -0.450 e. The third kappa shape index (κ3) is 2.37. The third-order valence-corrected chi connectivity index (χ3v) is 5.54. The number of hydrogen-bond donors (Lipinski definition) is 0. The standard InChI is InChI=1S/C19H19N3O3/c1-2-25-17(24)22-10-8-18(9-11-22)16(19(18,12-20)13-21)15(23)14-6-4-3-5-7-14/h3-7,16H,2,8-11H2,1H3. The molecule has 6 heteroatoms. The lowest BCUT2D eigenvalue weighted by Crippen LogP contribution is -2.41. The number of amides is 1. The molecule has 3 rings (SSSR count). The van der Waals surface area contributed by atoms with Crippen molar-refractivity contribution in [2.24, 2.45) is 16.7 Å². The summed E-state index contributed by atoms with van der Waals surface area (Å²) in [6, 6.07) is 13.0. The van der Waals surface area contributed by atoms with E-state index in [4.69, 9.17) is 4.74 Å². The summed E-state index contributed by atoms with van der Waals surface area (Å²) in [6.07, 6.45) is 0.523. The monoisotopic (exact) mass is 337 g/mol. The molecular formula is C19H19N3O3. The highest BCUT2D eigenvalue weighted by Gasteiger charge is 2.80. The van der Waals surface area contributed by atoms with Crippen LogP contribution >= 0.6 is 0 Å². The van der Waals surface area contributed by atoms with Crippen LogP contribution in [0.3, 0.4) is 0 Å². The van der Waals surface area contributed by atoms with E-state index >= 15 is 0 Å². The van der Waals surface area contributed by atoms with Gasteiger partial charge in [0.05, 0.1) is 24.7 Å². The number of ketones is 1. The minimum atomic E-state index is -1.30. The van der Waals surface area contributed by atoms with Crippen LogP contribution in [0.25, 0.3) is 0 Å². The molecule has 128 valence electrons. The van der Waals surface area contributed by atoms with Crippen molar-refractivity contribution >= 4 is 11.9 Å². The predicted octanol–water partition coefficient (Wildman–Crippen LogP) is 2.77.